The van der Waals surface area contributed by atoms with Gasteiger partial charge in [0.25, 0.3) is 5.91 Å². The van der Waals surface area contributed by atoms with Gasteiger partial charge in [0.1, 0.15) is 5.57 Å². The second-order valence-corrected chi connectivity index (χ2v) is 7.12. The van der Waals surface area contributed by atoms with Crippen molar-refractivity contribution in [3.05, 3.63) is 57.3 Å². The summed E-state index contributed by atoms with van der Waals surface area (Å²) in [5.41, 5.74) is 0.929. The number of aromatic nitrogens is 1. The molecular formula is C16H13ClN4O2S. The fourth-order valence-electron chi connectivity index (χ4n) is 2.94. The molecule has 0 spiro atoms. The molecule has 3 heterocycles. The first-order valence-corrected chi connectivity index (χ1v) is 8.49. The van der Waals surface area contributed by atoms with Crippen molar-refractivity contribution in [2.75, 3.05) is 13.6 Å². The first kappa shape index (κ1) is 15.2. The lowest BCUT2D eigenvalue weighted by Gasteiger charge is -2.35. The Morgan fingerprint density at radius 3 is 2.75 bits per heavy atom. The van der Waals surface area contributed by atoms with Gasteiger partial charge in [-0.2, -0.15) is 0 Å². The lowest BCUT2D eigenvalue weighted by molar-refractivity contribution is -0.123. The number of carbonyl (C=O) groups is 1. The molecule has 0 saturated heterocycles. The molecule has 24 heavy (non-hydrogen) atoms. The molecule has 0 bridgehead atoms. The van der Waals surface area contributed by atoms with Gasteiger partial charge in [0.05, 0.1) is 17.5 Å². The molecule has 1 N–H and O–H groups in total. The molecule has 0 saturated carbocycles. The number of amides is 1. The van der Waals surface area contributed by atoms with Crippen molar-refractivity contribution < 1.29 is 9.90 Å². The summed E-state index contributed by atoms with van der Waals surface area (Å²) in [4.78, 5) is 25.6. The van der Waals surface area contributed by atoms with Crippen molar-refractivity contribution in [1.82, 2.24) is 14.8 Å². The highest BCUT2D eigenvalue weighted by Gasteiger charge is 2.44. The maximum atomic E-state index is 13.1. The average Bonchev–Trinajstić information content (AvgIpc) is 3.20. The van der Waals surface area contributed by atoms with Crippen LogP contribution < -0.4 is 0 Å². The number of thiazole rings is 1. The van der Waals surface area contributed by atoms with Crippen molar-refractivity contribution in [3.63, 3.8) is 0 Å². The first-order chi connectivity index (χ1) is 11.6. The van der Waals surface area contributed by atoms with Gasteiger partial charge in [0.15, 0.2) is 4.47 Å². The Bertz CT molecular complexity index is 877. The zero-order valence-corrected chi connectivity index (χ0v) is 14.3. The third-order valence-electron chi connectivity index (χ3n) is 4.09. The highest BCUT2D eigenvalue weighted by molar-refractivity contribution is 7.15. The summed E-state index contributed by atoms with van der Waals surface area (Å²) >= 11 is 7.27. The molecule has 0 radical (unpaired) electrons. The number of rotatable bonds is 2. The van der Waals surface area contributed by atoms with Crippen molar-refractivity contribution in [1.29, 1.82) is 0 Å². The van der Waals surface area contributed by atoms with E-state index in [4.69, 9.17) is 11.6 Å². The van der Waals surface area contributed by atoms with Crippen LogP contribution in [0.5, 0.6) is 0 Å². The number of aliphatic hydroxyl groups excluding tert-OH is 1. The zero-order valence-electron chi connectivity index (χ0n) is 12.7. The molecule has 1 unspecified atom stereocenters. The first-order valence-electron chi connectivity index (χ1n) is 7.29. The smallest absolute Gasteiger partial charge is 0.267 e. The van der Waals surface area contributed by atoms with E-state index in [9.17, 15) is 9.90 Å². The van der Waals surface area contributed by atoms with Gasteiger partial charge in [-0.05, 0) is 5.56 Å². The summed E-state index contributed by atoms with van der Waals surface area (Å²) in [6.07, 6.45) is 1.67. The summed E-state index contributed by atoms with van der Waals surface area (Å²) < 4.78 is 0.429. The second-order valence-electron chi connectivity index (χ2n) is 5.47. The summed E-state index contributed by atoms with van der Waals surface area (Å²) in [6, 6.07) is 8.87. The normalized spacial score (nSPS) is 20.5. The maximum absolute atomic E-state index is 13.1. The molecule has 2 aliphatic rings. The number of carbonyl (C=O) groups excluding carboxylic acids is 1. The second kappa shape index (κ2) is 5.61. The topological polar surface area (TPSA) is 69.0 Å². The van der Waals surface area contributed by atoms with Gasteiger partial charge in [-0.3, -0.25) is 14.6 Å². The Balaban J connectivity index is 1.80. The number of guanidine groups is 1. The van der Waals surface area contributed by atoms with Gasteiger partial charge < -0.3 is 5.11 Å². The van der Waals surface area contributed by atoms with Crippen LogP contribution in [-0.2, 0) is 4.79 Å². The third-order valence-corrected chi connectivity index (χ3v) is 5.31. The zero-order chi connectivity index (χ0) is 16.8. The Morgan fingerprint density at radius 2 is 2.08 bits per heavy atom. The van der Waals surface area contributed by atoms with Gasteiger partial charge in [-0.1, -0.05) is 41.9 Å². The lowest BCUT2D eigenvalue weighted by Crippen LogP contribution is -2.49. The Kier molecular flexibility index (Phi) is 3.54. The quantitative estimate of drug-likeness (QED) is 0.894. The number of fused-ring (bicyclic) bond motifs is 1. The summed E-state index contributed by atoms with van der Waals surface area (Å²) in [6.45, 7) is 0.416. The molecular weight excluding hydrogens is 348 g/mol. The lowest BCUT2D eigenvalue weighted by atomic mass is 10.0. The van der Waals surface area contributed by atoms with Crippen LogP contribution in [0.3, 0.4) is 0 Å². The Labute approximate surface area is 147 Å². The van der Waals surface area contributed by atoms with Crippen LogP contribution in [0.15, 0.2) is 47.4 Å². The van der Waals surface area contributed by atoms with Crippen LogP contribution in [0.1, 0.15) is 16.5 Å². The fraction of sp³-hybridized carbons (Fsp3) is 0.188. The number of aliphatic hydroxyl groups is 1. The van der Waals surface area contributed by atoms with E-state index in [0.29, 0.717) is 22.5 Å². The van der Waals surface area contributed by atoms with Gasteiger partial charge in [-0.25, -0.2) is 9.98 Å². The number of hydrogen-bond acceptors (Lipinski definition) is 6. The minimum absolute atomic E-state index is 0.0933. The molecule has 0 aliphatic carbocycles. The molecule has 1 aromatic heterocycles. The molecule has 0 fully saturated rings. The van der Waals surface area contributed by atoms with Gasteiger partial charge in [-0.15, -0.1) is 11.3 Å². The van der Waals surface area contributed by atoms with Crippen LogP contribution in [0.2, 0.25) is 4.47 Å². The molecule has 8 heteroatoms. The summed E-state index contributed by atoms with van der Waals surface area (Å²) in [5.74, 6) is 0.0680. The van der Waals surface area contributed by atoms with Gasteiger partial charge >= 0.3 is 0 Å². The predicted molar refractivity (Wildman–Crippen MR) is 92.8 cm³/mol. The molecule has 1 atom stereocenters. The molecule has 122 valence electrons. The van der Waals surface area contributed by atoms with E-state index in [0.717, 1.165) is 4.88 Å². The Hall–Kier alpha value is -2.38. The van der Waals surface area contributed by atoms with E-state index < -0.39 is 0 Å². The van der Waals surface area contributed by atoms with Crippen molar-refractivity contribution in [2.24, 2.45) is 4.99 Å². The molecule has 4 rings (SSSR count). The SMILES string of the molecule is CN1C2=NCC(c3cnc(Cl)s3)N2C(=O)C(c2ccccc2)=C1O. The highest BCUT2D eigenvalue weighted by atomic mass is 35.5. The van der Waals surface area contributed by atoms with Crippen LogP contribution >= 0.6 is 22.9 Å². The molecule has 2 aromatic rings. The van der Waals surface area contributed by atoms with Crippen LogP contribution in [0, 0.1) is 0 Å². The van der Waals surface area contributed by atoms with Crippen molar-refractivity contribution in [3.8, 4) is 0 Å². The van der Waals surface area contributed by atoms with E-state index in [-0.39, 0.29) is 23.4 Å². The minimum Gasteiger partial charge on any atom is -0.494 e. The molecule has 1 aromatic carbocycles. The molecule has 2 aliphatic heterocycles. The third kappa shape index (κ3) is 2.20. The van der Waals surface area contributed by atoms with E-state index in [1.807, 2.05) is 18.2 Å². The van der Waals surface area contributed by atoms with E-state index >= 15 is 0 Å². The number of hydrogen-bond donors (Lipinski definition) is 1. The Morgan fingerprint density at radius 1 is 1.33 bits per heavy atom. The summed E-state index contributed by atoms with van der Waals surface area (Å²) in [7, 11) is 1.69. The molecule has 1 amide bonds. The van der Waals surface area contributed by atoms with Crippen molar-refractivity contribution >= 4 is 40.4 Å². The van der Waals surface area contributed by atoms with E-state index in [2.05, 4.69) is 9.98 Å². The summed E-state index contributed by atoms with van der Waals surface area (Å²) in [5, 5.41) is 10.5. The predicted octanol–water partition coefficient (Wildman–Crippen LogP) is 2.91. The monoisotopic (exact) mass is 360 g/mol. The number of aliphatic imine (C=N–C) groups is 1. The minimum atomic E-state index is -0.275. The number of benzene rings is 1. The van der Waals surface area contributed by atoms with Crippen molar-refractivity contribution in [2.45, 2.75) is 6.04 Å². The van der Waals surface area contributed by atoms with E-state index in [1.165, 1.54) is 16.2 Å². The van der Waals surface area contributed by atoms with Crippen LogP contribution in [0.4, 0.5) is 0 Å². The maximum Gasteiger partial charge on any atom is 0.267 e. The van der Waals surface area contributed by atoms with Gasteiger partial charge in [0.2, 0.25) is 11.8 Å². The fourth-order valence-corrected chi connectivity index (χ4v) is 3.97. The van der Waals surface area contributed by atoms with Gasteiger partial charge in [0, 0.05) is 13.2 Å². The number of nitrogens with zero attached hydrogens (tertiary/aromatic N) is 4. The number of halogens is 1. The molecule has 6 nitrogen and oxygen atoms in total. The van der Waals surface area contributed by atoms with Crippen LogP contribution in [-0.4, -0.2) is 45.3 Å². The van der Waals surface area contributed by atoms with E-state index in [1.54, 1.807) is 30.3 Å². The largest absolute Gasteiger partial charge is 0.494 e. The average molecular weight is 361 g/mol. The van der Waals surface area contributed by atoms with Crippen LogP contribution in [0.25, 0.3) is 5.57 Å². The standard InChI is InChI=1S/C16H13ClN4O2S/c1-20-13(22)12(9-5-3-2-4-6-9)14(23)21-10(7-19-16(20)21)11-8-18-15(17)24-11/h2-6,8,10,22H,7H2,1H3. The highest BCUT2D eigenvalue weighted by Crippen LogP contribution is 2.38.